The van der Waals surface area contributed by atoms with Crippen LogP contribution in [0.5, 0.6) is 0 Å². The Hall–Kier alpha value is -3.02. The molecule has 6 nitrogen and oxygen atoms in total. The van der Waals surface area contributed by atoms with Gasteiger partial charge in [-0.25, -0.2) is 0 Å². The van der Waals surface area contributed by atoms with Crippen LogP contribution in [-0.4, -0.2) is 11.8 Å². The Morgan fingerprint density at radius 3 is 1.30 bits per heavy atom. The van der Waals surface area contributed by atoms with Crippen LogP contribution in [0.25, 0.3) is 0 Å². The van der Waals surface area contributed by atoms with Crippen LogP contribution < -0.4 is 0 Å². The molecule has 0 aliphatic carbocycles. The summed E-state index contributed by atoms with van der Waals surface area (Å²) in [4.78, 5) is 23.0. The van der Waals surface area contributed by atoms with Crippen molar-refractivity contribution in [3.63, 3.8) is 0 Å². The molecule has 0 N–H and O–H groups in total. The highest BCUT2D eigenvalue weighted by Gasteiger charge is 2.03. The van der Waals surface area contributed by atoms with Crippen molar-refractivity contribution in [2.45, 2.75) is 0 Å². The highest BCUT2D eigenvalue weighted by Crippen LogP contribution is 2.03. The summed E-state index contributed by atoms with van der Waals surface area (Å²) in [5.74, 6) is -1.09. The molecular formula is C14H10N4O2. The molecule has 0 atom stereocenters. The first kappa shape index (κ1) is 13.4. The van der Waals surface area contributed by atoms with Crippen molar-refractivity contribution in [2.24, 2.45) is 20.7 Å². The molecule has 0 spiro atoms. The van der Waals surface area contributed by atoms with Crippen molar-refractivity contribution >= 4 is 11.8 Å². The minimum Gasteiger partial charge on any atom is -0.265 e. The van der Waals surface area contributed by atoms with Crippen molar-refractivity contribution in [3.05, 3.63) is 71.8 Å². The monoisotopic (exact) mass is 266 g/mol. The second-order valence-corrected chi connectivity index (χ2v) is 3.72. The fourth-order valence-electron chi connectivity index (χ4n) is 1.40. The third-order valence-corrected chi connectivity index (χ3v) is 2.35. The lowest BCUT2D eigenvalue weighted by molar-refractivity contribution is 0.0977. The summed E-state index contributed by atoms with van der Waals surface area (Å²) in [5.41, 5.74) is 0.779. The van der Waals surface area contributed by atoms with Gasteiger partial charge in [-0.3, -0.25) is 9.59 Å². The molecule has 2 amide bonds. The Bertz CT molecular complexity index is 592. The van der Waals surface area contributed by atoms with Crippen molar-refractivity contribution in [2.75, 3.05) is 0 Å². The summed E-state index contributed by atoms with van der Waals surface area (Å²) >= 11 is 0. The summed E-state index contributed by atoms with van der Waals surface area (Å²) in [6.45, 7) is 0. The van der Waals surface area contributed by atoms with Crippen LogP contribution in [0.15, 0.2) is 81.3 Å². The van der Waals surface area contributed by atoms with E-state index < -0.39 is 11.8 Å². The number of hydrogen-bond donors (Lipinski definition) is 0. The number of hydrogen-bond acceptors (Lipinski definition) is 2. The van der Waals surface area contributed by atoms with E-state index in [0.29, 0.717) is 11.1 Å². The average molecular weight is 266 g/mol. The van der Waals surface area contributed by atoms with Crippen LogP contribution in [0.2, 0.25) is 0 Å². The minimum atomic E-state index is -0.545. The first-order chi connectivity index (χ1) is 9.77. The van der Waals surface area contributed by atoms with Gasteiger partial charge in [-0.1, -0.05) is 46.6 Å². The van der Waals surface area contributed by atoms with E-state index in [-0.39, 0.29) is 0 Å². The normalized spacial score (nSPS) is 11.0. The van der Waals surface area contributed by atoms with Gasteiger partial charge in [0.25, 0.3) is 11.8 Å². The van der Waals surface area contributed by atoms with Gasteiger partial charge in [0.15, 0.2) is 0 Å². The summed E-state index contributed by atoms with van der Waals surface area (Å²) in [6.07, 6.45) is 0. The molecule has 0 unspecified atom stereocenters. The second kappa shape index (κ2) is 6.79. The maximum atomic E-state index is 11.5. The van der Waals surface area contributed by atoms with Crippen LogP contribution in [0, 0.1) is 0 Å². The van der Waals surface area contributed by atoms with Crippen molar-refractivity contribution in [1.29, 1.82) is 0 Å². The van der Waals surface area contributed by atoms with Gasteiger partial charge >= 0.3 is 0 Å². The molecule has 0 aliphatic heterocycles. The second-order valence-electron chi connectivity index (χ2n) is 3.72. The Morgan fingerprint density at radius 1 is 0.600 bits per heavy atom. The third kappa shape index (κ3) is 3.74. The van der Waals surface area contributed by atoms with Gasteiger partial charge in [-0.2, -0.15) is 0 Å². The first-order valence-electron chi connectivity index (χ1n) is 5.78. The lowest BCUT2D eigenvalue weighted by Crippen LogP contribution is -1.93. The van der Waals surface area contributed by atoms with E-state index in [1.807, 2.05) is 0 Å². The van der Waals surface area contributed by atoms with Crippen molar-refractivity contribution < 1.29 is 9.59 Å². The smallest absolute Gasteiger partial charge is 0.265 e. The maximum absolute atomic E-state index is 11.5. The molecule has 0 aliphatic rings. The fourth-order valence-corrected chi connectivity index (χ4v) is 1.40. The Morgan fingerprint density at radius 2 is 0.950 bits per heavy atom. The topological polar surface area (TPSA) is 83.6 Å². The molecule has 0 saturated heterocycles. The van der Waals surface area contributed by atoms with Gasteiger partial charge in [0, 0.05) is 11.1 Å². The van der Waals surface area contributed by atoms with Gasteiger partial charge in [-0.15, -0.1) is 0 Å². The molecule has 98 valence electrons. The SMILES string of the molecule is O=C(N=NN=NC(=O)c1ccccc1)c1ccccc1. The van der Waals surface area contributed by atoms with Gasteiger partial charge in [-0.05, 0) is 34.7 Å². The summed E-state index contributed by atoms with van der Waals surface area (Å²) in [7, 11) is 0. The van der Waals surface area contributed by atoms with Crippen LogP contribution in [-0.2, 0) is 0 Å². The third-order valence-electron chi connectivity index (χ3n) is 2.35. The summed E-state index contributed by atoms with van der Waals surface area (Å²) in [5, 5.41) is 13.1. The van der Waals surface area contributed by atoms with E-state index in [1.165, 1.54) is 0 Å². The van der Waals surface area contributed by atoms with Gasteiger partial charge in [0.2, 0.25) is 0 Å². The standard InChI is InChI=1S/C14H10N4O2/c19-13(11-7-3-1-4-8-11)15-17-18-16-14(20)12-9-5-2-6-10-12/h1-10H. The van der Waals surface area contributed by atoms with E-state index in [4.69, 9.17) is 0 Å². The lowest BCUT2D eigenvalue weighted by atomic mass is 10.2. The van der Waals surface area contributed by atoms with E-state index in [0.717, 1.165) is 0 Å². The largest absolute Gasteiger partial charge is 0.297 e. The van der Waals surface area contributed by atoms with Crippen molar-refractivity contribution in [1.82, 2.24) is 0 Å². The van der Waals surface area contributed by atoms with E-state index in [1.54, 1.807) is 60.7 Å². The molecule has 0 aromatic heterocycles. The molecule has 2 aromatic rings. The Kier molecular flexibility index (Phi) is 4.55. The zero-order valence-electron chi connectivity index (χ0n) is 10.4. The zero-order valence-corrected chi connectivity index (χ0v) is 10.4. The lowest BCUT2D eigenvalue weighted by Gasteiger charge is -1.91. The number of rotatable bonds is 3. The molecule has 6 heteroatoms. The quantitative estimate of drug-likeness (QED) is 0.629. The highest BCUT2D eigenvalue weighted by molar-refractivity contribution is 5.95. The minimum absolute atomic E-state index is 0.390. The first-order valence-corrected chi connectivity index (χ1v) is 5.78. The molecule has 0 fully saturated rings. The van der Waals surface area contributed by atoms with E-state index in [9.17, 15) is 9.59 Å². The molecule has 0 radical (unpaired) electrons. The summed E-state index contributed by atoms with van der Waals surface area (Å²) < 4.78 is 0. The number of amides is 2. The number of carbonyl (C=O) groups excluding carboxylic acids is 2. The zero-order chi connectivity index (χ0) is 14.2. The Labute approximate surface area is 114 Å². The van der Waals surface area contributed by atoms with Crippen LogP contribution in [0.1, 0.15) is 20.7 Å². The molecule has 2 rings (SSSR count). The van der Waals surface area contributed by atoms with E-state index in [2.05, 4.69) is 20.7 Å². The van der Waals surface area contributed by atoms with Gasteiger partial charge < -0.3 is 0 Å². The van der Waals surface area contributed by atoms with Gasteiger partial charge in [0.1, 0.15) is 0 Å². The number of nitrogens with zero attached hydrogens (tertiary/aromatic N) is 4. The molecule has 0 heterocycles. The molecule has 0 bridgehead atoms. The maximum Gasteiger partial charge on any atom is 0.297 e. The predicted molar refractivity (Wildman–Crippen MR) is 71.3 cm³/mol. The fraction of sp³-hybridized carbons (Fsp3) is 0. The number of carbonyl (C=O) groups is 2. The average Bonchev–Trinajstić information content (AvgIpc) is 2.53. The van der Waals surface area contributed by atoms with Crippen LogP contribution in [0.4, 0.5) is 0 Å². The van der Waals surface area contributed by atoms with E-state index >= 15 is 0 Å². The molecule has 20 heavy (non-hydrogen) atoms. The predicted octanol–water partition coefficient (Wildman–Crippen LogP) is 3.49. The highest BCUT2D eigenvalue weighted by atomic mass is 16.2. The Balaban J connectivity index is 1.95. The molecular weight excluding hydrogens is 256 g/mol. The van der Waals surface area contributed by atoms with Crippen molar-refractivity contribution in [3.8, 4) is 0 Å². The number of benzene rings is 2. The van der Waals surface area contributed by atoms with Crippen LogP contribution in [0.3, 0.4) is 0 Å². The molecule has 0 saturated carbocycles. The molecule has 2 aromatic carbocycles. The van der Waals surface area contributed by atoms with Gasteiger partial charge in [0.05, 0.1) is 0 Å². The van der Waals surface area contributed by atoms with Crippen LogP contribution >= 0.6 is 0 Å². The summed E-state index contributed by atoms with van der Waals surface area (Å²) in [6, 6.07) is 16.8.